The van der Waals surface area contributed by atoms with Gasteiger partial charge in [-0.1, -0.05) is 41.5 Å². The summed E-state index contributed by atoms with van der Waals surface area (Å²) in [6.07, 6.45) is 0.996. The van der Waals surface area contributed by atoms with E-state index in [-0.39, 0.29) is 38.2 Å². The van der Waals surface area contributed by atoms with Gasteiger partial charge in [0.1, 0.15) is 6.04 Å². The minimum Gasteiger partial charge on any atom is -0.475 e. The van der Waals surface area contributed by atoms with Gasteiger partial charge >= 0.3 is 11.9 Å². The lowest BCUT2D eigenvalue weighted by Gasteiger charge is -2.20. The molecule has 11 heteroatoms. The number of carbonyl (C=O) groups excluding carboxylic acids is 3. The van der Waals surface area contributed by atoms with Gasteiger partial charge < -0.3 is 26.6 Å². The molecule has 0 aliphatic carbocycles. The molecule has 11 nitrogen and oxygen atoms in total. The average Bonchev–Trinajstić information content (AvgIpc) is 2.72. The van der Waals surface area contributed by atoms with Crippen molar-refractivity contribution in [2.24, 2.45) is 23.3 Å². The van der Waals surface area contributed by atoms with Gasteiger partial charge in [0, 0.05) is 13.1 Å². The van der Waals surface area contributed by atoms with E-state index >= 15 is 0 Å². The average molecular weight is 462 g/mol. The number of esters is 1. The second kappa shape index (κ2) is 18.5. The third-order valence-electron chi connectivity index (χ3n) is 4.21. The van der Waals surface area contributed by atoms with Crippen molar-refractivity contribution >= 4 is 23.6 Å². The minimum atomic E-state index is -1.53. The first-order valence-electron chi connectivity index (χ1n) is 11.1. The third kappa shape index (κ3) is 14.8. The number of hydrogen-bond acceptors (Lipinski definition) is 9. The summed E-state index contributed by atoms with van der Waals surface area (Å²) in [5.41, 5.74) is 11.2. The maximum atomic E-state index is 12.1. The fourth-order valence-corrected chi connectivity index (χ4v) is 2.69. The molecule has 0 aliphatic heterocycles. The van der Waals surface area contributed by atoms with Crippen LogP contribution in [0.1, 0.15) is 60.8 Å². The molecule has 8 N–H and O–H groups in total. The molecule has 0 aromatic carbocycles. The molecule has 188 valence electrons. The second-order valence-corrected chi connectivity index (χ2v) is 7.93. The van der Waals surface area contributed by atoms with E-state index < -0.39 is 41.8 Å². The topological polar surface area (TPSA) is 186 Å². The molecular weight excluding hydrogens is 418 g/mol. The van der Waals surface area contributed by atoms with E-state index in [1.807, 2.05) is 41.5 Å². The number of amides is 1. The summed E-state index contributed by atoms with van der Waals surface area (Å²) in [5, 5.41) is 16.9. The number of nitrogens with one attached hydrogen (secondary N) is 3. The smallest absolute Gasteiger partial charge is 0.373 e. The highest BCUT2D eigenvalue weighted by Crippen LogP contribution is 2.07. The van der Waals surface area contributed by atoms with Gasteiger partial charge in [0.25, 0.3) is 5.78 Å². The first-order chi connectivity index (χ1) is 15.0. The van der Waals surface area contributed by atoms with E-state index in [2.05, 4.69) is 16.0 Å². The van der Waals surface area contributed by atoms with Crippen LogP contribution in [0, 0.1) is 11.8 Å². The molecule has 0 aliphatic rings. The quantitative estimate of drug-likeness (QED) is 0.103. The third-order valence-corrected chi connectivity index (χ3v) is 4.21. The van der Waals surface area contributed by atoms with E-state index in [0.717, 1.165) is 0 Å². The summed E-state index contributed by atoms with van der Waals surface area (Å²) in [5.74, 6) is -3.09. The van der Waals surface area contributed by atoms with Crippen molar-refractivity contribution in [2.45, 2.75) is 78.9 Å². The minimum absolute atomic E-state index is 0.0326. The Bertz CT molecular complexity index is 571. The summed E-state index contributed by atoms with van der Waals surface area (Å²) in [6.45, 7) is 11.7. The van der Waals surface area contributed by atoms with E-state index in [9.17, 15) is 19.2 Å². The van der Waals surface area contributed by atoms with Gasteiger partial charge in [0.05, 0.1) is 25.4 Å². The maximum Gasteiger partial charge on any atom is 0.373 e. The predicted octanol–water partition coefficient (Wildman–Crippen LogP) is -0.0746. The zero-order valence-corrected chi connectivity index (χ0v) is 20.3. The van der Waals surface area contributed by atoms with Gasteiger partial charge in [-0.05, 0) is 24.7 Å². The number of hydrogen-bond donors (Lipinski definition) is 6. The second-order valence-electron chi connectivity index (χ2n) is 7.93. The molecule has 1 amide bonds. The molecule has 0 fully saturated rings. The number of ketones is 1. The van der Waals surface area contributed by atoms with Crippen molar-refractivity contribution in [1.29, 1.82) is 0 Å². The first kappa shape index (κ1) is 32.1. The molecule has 0 unspecified atom stereocenters. The normalized spacial score (nSPS) is 13.6. The van der Waals surface area contributed by atoms with Crippen LogP contribution < -0.4 is 27.4 Å². The summed E-state index contributed by atoms with van der Waals surface area (Å²) >= 11 is 0. The molecule has 0 rings (SSSR count). The summed E-state index contributed by atoms with van der Waals surface area (Å²) in [7, 11) is 0. The zero-order chi connectivity index (χ0) is 25.3. The number of carboxylic acids is 1. The maximum absolute atomic E-state index is 12.1. The lowest BCUT2D eigenvalue weighted by Crippen LogP contribution is -2.50. The van der Waals surface area contributed by atoms with Crippen LogP contribution in [0.3, 0.4) is 0 Å². The summed E-state index contributed by atoms with van der Waals surface area (Å²) in [4.78, 5) is 46.8. The van der Waals surface area contributed by atoms with Crippen LogP contribution >= 0.6 is 0 Å². The molecule has 0 saturated carbocycles. The lowest BCUT2D eigenvalue weighted by atomic mass is 10.0. The Labute approximate surface area is 191 Å². The molecule has 0 radical (unpaired) electrons. The molecule has 0 aromatic heterocycles. The number of Topliss-reactive ketones (excluding diaryl/α,β-unsaturated/α-hetero) is 1. The fourth-order valence-electron chi connectivity index (χ4n) is 2.69. The van der Waals surface area contributed by atoms with Crippen LogP contribution in [0.5, 0.6) is 0 Å². The standard InChI is InChI=1S/C19H37N5O6.C2H6/c1-11(2)7-14(16(25)18(27)28)23-10-24-17(26)13(21)5-6-30-19(29)15(22-9-20)8-12(3)4;1-2/h11-15,22-23H,5-10,20-21H2,1-4H3,(H,24,26)(H,27,28);1-2H3/t13-,14-,15-;/m0./s1. The summed E-state index contributed by atoms with van der Waals surface area (Å²) in [6, 6.07) is -2.36. The Morgan fingerprint density at radius 1 is 0.938 bits per heavy atom. The van der Waals surface area contributed by atoms with Crippen molar-refractivity contribution < 1.29 is 29.0 Å². The monoisotopic (exact) mass is 461 g/mol. The Kier molecular flexibility index (Phi) is 18.5. The molecule has 0 heterocycles. The number of nitrogens with two attached hydrogens (primary N) is 2. The van der Waals surface area contributed by atoms with E-state index in [1.54, 1.807) is 0 Å². The first-order valence-corrected chi connectivity index (χ1v) is 11.1. The summed E-state index contributed by atoms with van der Waals surface area (Å²) < 4.78 is 5.18. The van der Waals surface area contributed by atoms with Crippen molar-refractivity contribution in [2.75, 3.05) is 19.9 Å². The van der Waals surface area contributed by atoms with Crippen LogP contribution in [0.4, 0.5) is 0 Å². The molecule has 3 atom stereocenters. The number of carboxylic acid groups (broad SMARTS) is 1. The zero-order valence-electron chi connectivity index (χ0n) is 20.3. The highest BCUT2D eigenvalue weighted by molar-refractivity contribution is 6.34. The number of rotatable bonds is 16. The van der Waals surface area contributed by atoms with E-state index in [4.69, 9.17) is 21.3 Å². The van der Waals surface area contributed by atoms with Gasteiger partial charge in [-0.3, -0.25) is 25.0 Å². The number of carbonyl (C=O) groups is 4. The van der Waals surface area contributed by atoms with Crippen LogP contribution in [0.2, 0.25) is 0 Å². The highest BCUT2D eigenvalue weighted by Gasteiger charge is 2.25. The molecule has 0 aromatic rings. The van der Waals surface area contributed by atoms with E-state index in [0.29, 0.717) is 12.8 Å². The number of ether oxygens (including phenoxy) is 1. The molecular formula is C21H43N5O6. The van der Waals surface area contributed by atoms with Gasteiger partial charge in [0.2, 0.25) is 5.91 Å². The van der Waals surface area contributed by atoms with Gasteiger partial charge in [-0.2, -0.15) is 0 Å². The lowest BCUT2D eigenvalue weighted by molar-refractivity contribution is -0.150. The van der Waals surface area contributed by atoms with Crippen molar-refractivity contribution in [3.05, 3.63) is 0 Å². The van der Waals surface area contributed by atoms with Crippen LogP contribution in [-0.4, -0.2) is 66.8 Å². The Morgan fingerprint density at radius 2 is 1.47 bits per heavy atom. The SMILES string of the molecule is CC.CC(C)C[C@H](NCN)C(=O)OCC[C@H](N)C(=O)NCN[C@@H](CC(C)C)C(=O)C(=O)O. The van der Waals surface area contributed by atoms with Crippen LogP contribution in [0.15, 0.2) is 0 Å². The highest BCUT2D eigenvalue weighted by atomic mass is 16.5. The Balaban J connectivity index is 0. The van der Waals surface area contributed by atoms with Gasteiger partial charge in [-0.15, -0.1) is 0 Å². The van der Waals surface area contributed by atoms with Crippen molar-refractivity contribution in [3.63, 3.8) is 0 Å². The van der Waals surface area contributed by atoms with Crippen molar-refractivity contribution in [1.82, 2.24) is 16.0 Å². The Hall–Kier alpha value is -2.08. The largest absolute Gasteiger partial charge is 0.475 e. The van der Waals surface area contributed by atoms with Crippen LogP contribution in [-0.2, 0) is 23.9 Å². The molecule has 0 bridgehead atoms. The van der Waals surface area contributed by atoms with Gasteiger partial charge in [-0.25, -0.2) is 4.79 Å². The molecule has 32 heavy (non-hydrogen) atoms. The number of aliphatic carboxylic acids is 1. The molecule has 0 spiro atoms. The van der Waals surface area contributed by atoms with Gasteiger partial charge in [0.15, 0.2) is 0 Å². The van der Waals surface area contributed by atoms with Crippen LogP contribution in [0.25, 0.3) is 0 Å². The van der Waals surface area contributed by atoms with E-state index in [1.165, 1.54) is 0 Å². The predicted molar refractivity (Wildman–Crippen MR) is 122 cm³/mol. The Morgan fingerprint density at radius 3 is 1.94 bits per heavy atom. The van der Waals surface area contributed by atoms with Crippen molar-refractivity contribution in [3.8, 4) is 0 Å². The fraction of sp³-hybridized carbons (Fsp3) is 0.810. The molecule has 0 saturated heterocycles.